The van der Waals surface area contributed by atoms with Crippen LogP contribution in [0.5, 0.6) is 5.75 Å². The topological polar surface area (TPSA) is 74.4 Å². The standard InChI is InChI=1S/C22H23N3O3/c1-14-6-5-7-15(2)20(14)28-11-10-25-21(26)19(24-22(25)27)12-16-13-23-18-9-4-3-8-17(16)18/h3-9,13,19,23H,10-12H2,1-2H3,(H,24,27). The second-order valence-electron chi connectivity index (χ2n) is 7.12. The Labute approximate surface area is 163 Å². The first-order valence-electron chi connectivity index (χ1n) is 9.40. The lowest BCUT2D eigenvalue weighted by atomic mass is 10.1. The fourth-order valence-corrected chi connectivity index (χ4v) is 3.71. The van der Waals surface area contributed by atoms with Gasteiger partial charge < -0.3 is 15.0 Å². The van der Waals surface area contributed by atoms with Gasteiger partial charge in [0.15, 0.2) is 0 Å². The summed E-state index contributed by atoms with van der Waals surface area (Å²) in [5.74, 6) is 0.602. The van der Waals surface area contributed by atoms with E-state index in [0.717, 1.165) is 33.3 Å². The quantitative estimate of drug-likeness (QED) is 0.647. The van der Waals surface area contributed by atoms with Crippen molar-refractivity contribution in [2.45, 2.75) is 26.3 Å². The number of aryl methyl sites for hydroxylation is 2. The average Bonchev–Trinajstić information content (AvgIpc) is 3.20. The van der Waals surface area contributed by atoms with Crippen molar-refractivity contribution in [2.24, 2.45) is 0 Å². The van der Waals surface area contributed by atoms with E-state index in [1.807, 2.05) is 62.5 Å². The van der Waals surface area contributed by atoms with Gasteiger partial charge in [0.05, 0.1) is 6.54 Å². The summed E-state index contributed by atoms with van der Waals surface area (Å²) in [6.07, 6.45) is 2.36. The zero-order valence-electron chi connectivity index (χ0n) is 16.0. The van der Waals surface area contributed by atoms with E-state index in [0.29, 0.717) is 6.42 Å². The summed E-state index contributed by atoms with van der Waals surface area (Å²) in [5.41, 5.74) is 4.11. The van der Waals surface area contributed by atoms with Crippen molar-refractivity contribution >= 4 is 22.8 Å². The van der Waals surface area contributed by atoms with Crippen molar-refractivity contribution in [3.63, 3.8) is 0 Å². The highest BCUT2D eigenvalue weighted by molar-refractivity contribution is 6.04. The first-order chi connectivity index (χ1) is 13.5. The minimum absolute atomic E-state index is 0.208. The molecule has 0 bridgehead atoms. The molecule has 1 fully saturated rings. The number of nitrogens with zero attached hydrogens (tertiary/aromatic N) is 1. The first kappa shape index (κ1) is 18.1. The Kier molecular flexibility index (Phi) is 4.77. The Hall–Kier alpha value is -3.28. The number of hydrogen-bond acceptors (Lipinski definition) is 3. The van der Waals surface area contributed by atoms with Crippen LogP contribution in [0.1, 0.15) is 16.7 Å². The van der Waals surface area contributed by atoms with Gasteiger partial charge in [-0.3, -0.25) is 9.69 Å². The number of ether oxygens (including phenoxy) is 1. The highest BCUT2D eigenvalue weighted by Crippen LogP contribution is 2.23. The number of para-hydroxylation sites is 2. The predicted octanol–water partition coefficient (Wildman–Crippen LogP) is 3.33. The molecule has 3 amide bonds. The second kappa shape index (κ2) is 7.38. The van der Waals surface area contributed by atoms with Crippen molar-refractivity contribution in [3.05, 3.63) is 65.4 Å². The Morgan fingerprint density at radius 2 is 1.79 bits per heavy atom. The van der Waals surface area contributed by atoms with Crippen molar-refractivity contribution < 1.29 is 14.3 Å². The lowest BCUT2D eigenvalue weighted by Crippen LogP contribution is -2.35. The summed E-state index contributed by atoms with van der Waals surface area (Å²) < 4.78 is 5.85. The Morgan fingerprint density at radius 1 is 1.04 bits per heavy atom. The Balaban J connectivity index is 1.40. The number of nitrogens with one attached hydrogen (secondary N) is 2. The number of benzene rings is 2. The molecule has 1 aliphatic rings. The lowest BCUT2D eigenvalue weighted by molar-refractivity contribution is -0.127. The number of hydrogen-bond donors (Lipinski definition) is 2. The van der Waals surface area contributed by atoms with Crippen LogP contribution in [0.3, 0.4) is 0 Å². The normalized spacial score (nSPS) is 16.6. The van der Waals surface area contributed by atoms with Crippen LogP contribution in [0.2, 0.25) is 0 Å². The molecule has 1 saturated heterocycles. The van der Waals surface area contributed by atoms with Crippen LogP contribution in [-0.2, 0) is 11.2 Å². The third-order valence-corrected chi connectivity index (χ3v) is 5.18. The molecule has 0 spiro atoms. The van der Waals surface area contributed by atoms with Gasteiger partial charge in [-0.15, -0.1) is 0 Å². The maximum atomic E-state index is 12.7. The SMILES string of the molecule is Cc1cccc(C)c1OCCN1C(=O)NC(Cc2c[nH]c3ccccc23)C1=O. The maximum absolute atomic E-state index is 12.7. The number of aromatic amines is 1. The van der Waals surface area contributed by atoms with Gasteiger partial charge >= 0.3 is 6.03 Å². The maximum Gasteiger partial charge on any atom is 0.324 e. The van der Waals surface area contributed by atoms with E-state index in [2.05, 4.69) is 10.3 Å². The minimum atomic E-state index is -0.549. The van der Waals surface area contributed by atoms with Crippen molar-refractivity contribution in [3.8, 4) is 5.75 Å². The number of H-pyrrole nitrogens is 1. The Morgan fingerprint density at radius 3 is 2.57 bits per heavy atom. The monoisotopic (exact) mass is 377 g/mol. The van der Waals surface area contributed by atoms with Crippen molar-refractivity contribution in [2.75, 3.05) is 13.2 Å². The van der Waals surface area contributed by atoms with Crippen LogP contribution in [0.4, 0.5) is 4.79 Å². The van der Waals surface area contributed by atoms with E-state index < -0.39 is 6.04 Å². The molecule has 0 radical (unpaired) electrons. The highest BCUT2D eigenvalue weighted by atomic mass is 16.5. The van der Waals surface area contributed by atoms with Crippen LogP contribution in [-0.4, -0.2) is 41.0 Å². The minimum Gasteiger partial charge on any atom is -0.491 e. The fraction of sp³-hybridized carbons (Fsp3) is 0.273. The van der Waals surface area contributed by atoms with E-state index in [1.165, 1.54) is 4.90 Å². The van der Waals surface area contributed by atoms with Crippen LogP contribution in [0, 0.1) is 13.8 Å². The number of carbonyl (C=O) groups is 2. The second-order valence-corrected chi connectivity index (χ2v) is 7.12. The van der Waals surface area contributed by atoms with Gasteiger partial charge in [-0.25, -0.2) is 4.79 Å². The van der Waals surface area contributed by atoms with E-state index in [-0.39, 0.29) is 25.1 Å². The van der Waals surface area contributed by atoms with Gasteiger partial charge in [-0.2, -0.15) is 0 Å². The Bertz CT molecular complexity index is 1020. The summed E-state index contributed by atoms with van der Waals surface area (Å²) >= 11 is 0. The molecule has 2 heterocycles. The summed E-state index contributed by atoms with van der Waals surface area (Å²) in [5, 5.41) is 3.87. The van der Waals surface area contributed by atoms with Crippen LogP contribution in [0.15, 0.2) is 48.7 Å². The molecule has 0 saturated carbocycles. The lowest BCUT2D eigenvalue weighted by Gasteiger charge is -2.16. The molecule has 2 N–H and O–H groups in total. The molecular weight excluding hydrogens is 354 g/mol. The number of urea groups is 1. The van der Waals surface area contributed by atoms with Crippen LogP contribution < -0.4 is 10.1 Å². The number of aromatic nitrogens is 1. The zero-order chi connectivity index (χ0) is 19.7. The summed E-state index contributed by atoms with van der Waals surface area (Å²) in [6, 6.07) is 13.0. The molecule has 28 heavy (non-hydrogen) atoms. The van der Waals surface area contributed by atoms with E-state index in [9.17, 15) is 9.59 Å². The zero-order valence-corrected chi connectivity index (χ0v) is 16.0. The van der Waals surface area contributed by atoms with Gasteiger partial charge in [0.25, 0.3) is 5.91 Å². The average molecular weight is 377 g/mol. The van der Waals surface area contributed by atoms with Gasteiger partial charge in [-0.05, 0) is 36.6 Å². The molecule has 2 aromatic carbocycles. The number of amides is 3. The van der Waals surface area contributed by atoms with Crippen molar-refractivity contribution in [1.29, 1.82) is 0 Å². The third-order valence-electron chi connectivity index (χ3n) is 5.18. The third kappa shape index (κ3) is 3.33. The molecule has 3 aromatic rings. The number of rotatable bonds is 6. The molecular formula is C22H23N3O3. The number of imide groups is 1. The number of fused-ring (bicyclic) bond motifs is 1. The molecule has 6 nitrogen and oxygen atoms in total. The summed E-state index contributed by atoms with van der Waals surface area (Å²) in [4.78, 5) is 29.5. The summed E-state index contributed by atoms with van der Waals surface area (Å²) in [6.45, 7) is 4.45. The molecule has 1 aliphatic heterocycles. The van der Waals surface area contributed by atoms with Gasteiger partial charge in [0, 0.05) is 23.5 Å². The van der Waals surface area contributed by atoms with E-state index in [4.69, 9.17) is 4.74 Å². The molecule has 1 unspecified atom stereocenters. The molecule has 0 aliphatic carbocycles. The van der Waals surface area contributed by atoms with Gasteiger partial charge in [0.2, 0.25) is 0 Å². The summed E-state index contributed by atoms with van der Waals surface area (Å²) in [7, 11) is 0. The van der Waals surface area contributed by atoms with Crippen LogP contribution in [0.25, 0.3) is 10.9 Å². The number of carbonyl (C=O) groups excluding carboxylic acids is 2. The molecule has 1 atom stereocenters. The fourth-order valence-electron chi connectivity index (χ4n) is 3.71. The molecule has 144 valence electrons. The van der Waals surface area contributed by atoms with Crippen LogP contribution >= 0.6 is 0 Å². The molecule has 4 rings (SSSR count). The predicted molar refractivity (Wildman–Crippen MR) is 107 cm³/mol. The largest absolute Gasteiger partial charge is 0.491 e. The van der Waals surface area contributed by atoms with Gasteiger partial charge in [-0.1, -0.05) is 36.4 Å². The van der Waals surface area contributed by atoms with Gasteiger partial charge in [0.1, 0.15) is 18.4 Å². The first-order valence-corrected chi connectivity index (χ1v) is 9.40. The molecule has 1 aromatic heterocycles. The molecule has 6 heteroatoms. The van der Waals surface area contributed by atoms with E-state index >= 15 is 0 Å². The highest BCUT2D eigenvalue weighted by Gasteiger charge is 2.38. The van der Waals surface area contributed by atoms with E-state index in [1.54, 1.807) is 0 Å². The smallest absolute Gasteiger partial charge is 0.324 e. The van der Waals surface area contributed by atoms with Crippen molar-refractivity contribution in [1.82, 2.24) is 15.2 Å².